The van der Waals surface area contributed by atoms with Crippen molar-refractivity contribution in [3.63, 3.8) is 0 Å². The number of carbonyl (C=O) groups excluding carboxylic acids is 1. The number of nitriles is 1. The number of ether oxygens (including phenoxy) is 1. The van der Waals surface area contributed by atoms with Gasteiger partial charge < -0.3 is 9.64 Å². The number of hydrogen-bond donors (Lipinski definition) is 0. The zero-order valence-electron chi connectivity index (χ0n) is 10.0. The monoisotopic (exact) mass is 234 g/mol. The maximum Gasteiger partial charge on any atom is 0.356 e. The summed E-state index contributed by atoms with van der Waals surface area (Å²) in [5.41, 5.74) is 0.560. The summed E-state index contributed by atoms with van der Waals surface area (Å²) in [6, 6.07) is 1.90. The molecule has 0 bridgehead atoms. The maximum atomic E-state index is 11.7. The molecule has 0 aliphatic rings. The van der Waals surface area contributed by atoms with Crippen LogP contribution in [-0.2, 0) is 9.53 Å². The highest BCUT2D eigenvalue weighted by Gasteiger charge is 2.14. The third-order valence-corrected chi connectivity index (χ3v) is 1.84. The molecule has 0 saturated carbocycles. The molecule has 90 valence electrons. The number of imidazole rings is 1. The van der Waals surface area contributed by atoms with E-state index in [0.717, 1.165) is 0 Å². The standard InChI is InChI=1S/C11H14N4O2/c1-4-17-11(16)10(7-14(2)3)15-6-9(5-12)13-8-15/h6-8H,4H2,1-3H3/b10-7-. The largest absolute Gasteiger partial charge is 0.461 e. The molecule has 0 N–H and O–H groups in total. The number of aromatic nitrogens is 2. The SMILES string of the molecule is CCOC(=O)/C(=C/N(C)C)n1cnc(C#N)c1. The van der Waals surface area contributed by atoms with E-state index in [-0.39, 0.29) is 5.69 Å². The molecule has 1 aromatic rings. The summed E-state index contributed by atoms with van der Waals surface area (Å²) in [6.07, 6.45) is 4.50. The molecule has 0 radical (unpaired) electrons. The van der Waals surface area contributed by atoms with Crippen molar-refractivity contribution in [3.8, 4) is 6.07 Å². The molecule has 1 aromatic heterocycles. The van der Waals surface area contributed by atoms with Crippen LogP contribution in [0.25, 0.3) is 5.70 Å². The molecule has 0 aliphatic carbocycles. The Morgan fingerprint density at radius 1 is 1.71 bits per heavy atom. The minimum atomic E-state index is -0.455. The number of esters is 1. The van der Waals surface area contributed by atoms with E-state index in [1.54, 1.807) is 32.1 Å². The minimum Gasteiger partial charge on any atom is -0.461 e. The molecule has 0 unspecified atom stereocenters. The highest BCUT2D eigenvalue weighted by atomic mass is 16.5. The third-order valence-electron chi connectivity index (χ3n) is 1.84. The van der Waals surface area contributed by atoms with Crippen molar-refractivity contribution in [1.29, 1.82) is 5.26 Å². The Morgan fingerprint density at radius 2 is 2.41 bits per heavy atom. The Balaban J connectivity index is 3.07. The first-order valence-electron chi connectivity index (χ1n) is 5.08. The highest BCUT2D eigenvalue weighted by Crippen LogP contribution is 2.09. The Morgan fingerprint density at radius 3 is 2.88 bits per heavy atom. The van der Waals surface area contributed by atoms with E-state index in [9.17, 15) is 4.79 Å². The van der Waals surface area contributed by atoms with Crippen molar-refractivity contribution < 1.29 is 9.53 Å². The zero-order chi connectivity index (χ0) is 12.8. The molecule has 0 aliphatic heterocycles. The van der Waals surface area contributed by atoms with Crippen LogP contribution in [0.5, 0.6) is 0 Å². The first-order valence-corrected chi connectivity index (χ1v) is 5.08. The zero-order valence-corrected chi connectivity index (χ0v) is 10.0. The Hall–Kier alpha value is -2.29. The van der Waals surface area contributed by atoms with Crippen LogP contribution >= 0.6 is 0 Å². The smallest absolute Gasteiger partial charge is 0.356 e. The van der Waals surface area contributed by atoms with Crippen molar-refractivity contribution in [1.82, 2.24) is 14.5 Å². The van der Waals surface area contributed by atoms with E-state index in [4.69, 9.17) is 10.00 Å². The van der Waals surface area contributed by atoms with Crippen LogP contribution < -0.4 is 0 Å². The molecule has 0 aromatic carbocycles. The average molecular weight is 234 g/mol. The third kappa shape index (κ3) is 3.34. The fourth-order valence-electron chi connectivity index (χ4n) is 1.19. The fraction of sp³-hybridized carbons (Fsp3) is 0.364. The van der Waals surface area contributed by atoms with Crippen molar-refractivity contribution in [2.75, 3.05) is 20.7 Å². The van der Waals surface area contributed by atoms with Crippen LogP contribution in [0.4, 0.5) is 0 Å². The quantitative estimate of drug-likeness (QED) is 0.566. The van der Waals surface area contributed by atoms with Gasteiger partial charge in [0.15, 0.2) is 5.69 Å². The van der Waals surface area contributed by atoms with Gasteiger partial charge in [0, 0.05) is 26.5 Å². The summed E-state index contributed by atoms with van der Waals surface area (Å²) in [5.74, 6) is -0.455. The van der Waals surface area contributed by atoms with Gasteiger partial charge in [-0.1, -0.05) is 0 Å². The lowest BCUT2D eigenvalue weighted by Gasteiger charge is -2.11. The van der Waals surface area contributed by atoms with Crippen LogP contribution in [0.15, 0.2) is 18.7 Å². The normalized spacial score (nSPS) is 10.8. The lowest BCUT2D eigenvalue weighted by Crippen LogP contribution is -2.15. The summed E-state index contributed by atoms with van der Waals surface area (Å²) in [6.45, 7) is 2.03. The molecule has 0 fully saturated rings. The molecular formula is C11H14N4O2. The molecule has 6 nitrogen and oxygen atoms in total. The van der Waals surface area contributed by atoms with Gasteiger partial charge in [0.1, 0.15) is 18.1 Å². The fourth-order valence-corrected chi connectivity index (χ4v) is 1.19. The van der Waals surface area contributed by atoms with Crippen LogP contribution in [0.1, 0.15) is 12.6 Å². The van der Waals surface area contributed by atoms with Crippen LogP contribution in [0.2, 0.25) is 0 Å². The van der Waals surface area contributed by atoms with Gasteiger partial charge in [-0.15, -0.1) is 0 Å². The van der Waals surface area contributed by atoms with Gasteiger partial charge in [0.05, 0.1) is 6.61 Å². The topological polar surface area (TPSA) is 71.2 Å². The summed E-state index contributed by atoms with van der Waals surface area (Å²) < 4.78 is 6.41. The molecule has 0 saturated heterocycles. The van der Waals surface area contributed by atoms with Gasteiger partial charge in [-0.05, 0) is 6.92 Å². The van der Waals surface area contributed by atoms with Gasteiger partial charge in [-0.2, -0.15) is 5.26 Å². The second-order valence-corrected chi connectivity index (χ2v) is 3.48. The second-order valence-electron chi connectivity index (χ2n) is 3.48. The highest BCUT2D eigenvalue weighted by molar-refractivity contribution is 6.09. The van der Waals surface area contributed by atoms with E-state index >= 15 is 0 Å². The second kappa shape index (κ2) is 5.70. The van der Waals surface area contributed by atoms with Gasteiger partial charge >= 0.3 is 5.97 Å². The predicted molar refractivity (Wildman–Crippen MR) is 61.5 cm³/mol. The summed E-state index contributed by atoms with van der Waals surface area (Å²) >= 11 is 0. The number of carbonyl (C=O) groups is 1. The average Bonchev–Trinajstić information content (AvgIpc) is 2.74. The molecular weight excluding hydrogens is 220 g/mol. The van der Waals surface area contributed by atoms with Crippen molar-refractivity contribution in [2.24, 2.45) is 0 Å². The van der Waals surface area contributed by atoms with Crippen LogP contribution in [0.3, 0.4) is 0 Å². The first kappa shape index (κ1) is 12.8. The summed E-state index contributed by atoms with van der Waals surface area (Å²) in [5, 5.41) is 8.68. The van der Waals surface area contributed by atoms with E-state index < -0.39 is 5.97 Å². The molecule has 0 atom stereocenters. The lowest BCUT2D eigenvalue weighted by molar-refractivity contribution is -0.136. The molecule has 6 heteroatoms. The Kier molecular flexibility index (Phi) is 4.29. The van der Waals surface area contributed by atoms with Crippen molar-refractivity contribution in [2.45, 2.75) is 6.92 Å². The van der Waals surface area contributed by atoms with Crippen molar-refractivity contribution >= 4 is 11.7 Å². The van der Waals surface area contributed by atoms with Crippen molar-refractivity contribution in [3.05, 3.63) is 24.4 Å². The molecule has 0 spiro atoms. The Bertz CT molecular complexity index is 468. The van der Waals surface area contributed by atoms with Crippen LogP contribution in [-0.4, -0.2) is 41.1 Å². The number of rotatable bonds is 4. The lowest BCUT2D eigenvalue weighted by atomic mass is 10.4. The summed E-state index contributed by atoms with van der Waals surface area (Å²) in [4.78, 5) is 17.3. The summed E-state index contributed by atoms with van der Waals surface area (Å²) in [7, 11) is 3.59. The molecule has 17 heavy (non-hydrogen) atoms. The Labute approximate surface area is 99.7 Å². The molecule has 1 heterocycles. The van der Waals surface area contributed by atoms with Gasteiger partial charge in [-0.25, -0.2) is 9.78 Å². The van der Waals surface area contributed by atoms with Crippen LogP contribution in [0, 0.1) is 11.3 Å². The van der Waals surface area contributed by atoms with Gasteiger partial charge in [0.2, 0.25) is 0 Å². The molecule has 0 amide bonds. The maximum absolute atomic E-state index is 11.7. The van der Waals surface area contributed by atoms with Gasteiger partial charge in [-0.3, -0.25) is 4.57 Å². The van der Waals surface area contributed by atoms with E-state index in [1.165, 1.54) is 17.1 Å². The van der Waals surface area contributed by atoms with E-state index in [2.05, 4.69) is 4.98 Å². The first-order chi connectivity index (χ1) is 8.08. The van der Waals surface area contributed by atoms with Gasteiger partial charge in [0.25, 0.3) is 0 Å². The molecule has 1 rings (SSSR count). The van der Waals surface area contributed by atoms with E-state index in [1.807, 2.05) is 6.07 Å². The minimum absolute atomic E-state index is 0.249. The number of nitrogens with zero attached hydrogens (tertiary/aromatic N) is 4. The van der Waals surface area contributed by atoms with E-state index in [0.29, 0.717) is 12.3 Å². The number of hydrogen-bond acceptors (Lipinski definition) is 5. The predicted octanol–water partition coefficient (Wildman–Crippen LogP) is 0.678.